The average Bonchev–Trinajstić information content (AvgIpc) is 2.93. The number of anilines is 1. The molecule has 1 fully saturated rings. The molecular formula is C20H22N4O2S. The van der Waals surface area contributed by atoms with Gasteiger partial charge >= 0.3 is 0 Å². The molecular weight excluding hydrogens is 360 g/mol. The van der Waals surface area contributed by atoms with Gasteiger partial charge in [-0.2, -0.15) is 0 Å². The predicted octanol–water partition coefficient (Wildman–Crippen LogP) is 4.25. The van der Waals surface area contributed by atoms with E-state index in [-0.39, 0.29) is 5.91 Å². The van der Waals surface area contributed by atoms with Crippen LogP contribution in [0.3, 0.4) is 0 Å². The summed E-state index contributed by atoms with van der Waals surface area (Å²) in [5.74, 6) is 1.26. The van der Waals surface area contributed by atoms with Crippen LogP contribution in [-0.4, -0.2) is 32.8 Å². The second-order valence-electron chi connectivity index (χ2n) is 6.82. The molecule has 1 saturated carbocycles. The number of rotatable bonds is 5. The molecule has 3 aromatic heterocycles. The number of aromatic nitrogens is 3. The van der Waals surface area contributed by atoms with Crippen molar-refractivity contribution in [2.24, 2.45) is 7.05 Å². The number of nitrogens with zero attached hydrogens (tertiary/aromatic N) is 3. The normalized spacial score (nSPS) is 14.2. The first kappa shape index (κ1) is 17.9. The first-order valence-corrected chi connectivity index (χ1v) is 10.2. The predicted molar refractivity (Wildman–Crippen MR) is 108 cm³/mol. The number of hydrogen-bond acceptors (Lipinski definition) is 5. The highest BCUT2D eigenvalue weighted by Crippen LogP contribution is 2.35. The van der Waals surface area contributed by atoms with Crippen LogP contribution in [0.25, 0.3) is 22.2 Å². The molecule has 3 aromatic rings. The number of carbonyl (C=O) groups is 1. The van der Waals surface area contributed by atoms with Gasteiger partial charge in [0, 0.05) is 43.3 Å². The van der Waals surface area contributed by atoms with E-state index in [0.29, 0.717) is 11.9 Å². The summed E-state index contributed by atoms with van der Waals surface area (Å²) in [7, 11) is 1.98. The summed E-state index contributed by atoms with van der Waals surface area (Å²) >= 11 is 1.60. The van der Waals surface area contributed by atoms with Crippen LogP contribution in [0.4, 0.5) is 5.82 Å². The van der Waals surface area contributed by atoms with Crippen molar-refractivity contribution >= 4 is 34.4 Å². The lowest BCUT2D eigenvalue weighted by Crippen LogP contribution is -2.24. The van der Waals surface area contributed by atoms with Crippen LogP contribution in [-0.2, 0) is 11.8 Å². The number of nitrogens with one attached hydrogen (secondary N) is 1. The van der Waals surface area contributed by atoms with Crippen LogP contribution in [0.5, 0.6) is 5.75 Å². The number of fused-ring (bicyclic) bond motifs is 1. The van der Waals surface area contributed by atoms with Crippen molar-refractivity contribution in [3.05, 3.63) is 30.6 Å². The topological polar surface area (TPSA) is 69.0 Å². The molecule has 0 spiro atoms. The average molecular weight is 382 g/mol. The largest absolute Gasteiger partial charge is 0.490 e. The Labute approximate surface area is 162 Å². The number of carbonyl (C=O) groups excluding carboxylic acids is 1. The number of thioether (sulfide) groups is 1. The molecule has 1 N–H and O–H groups in total. The molecule has 0 aromatic carbocycles. The fourth-order valence-electron chi connectivity index (χ4n) is 3.20. The number of aryl methyl sites for hydroxylation is 1. The third kappa shape index (κ3) is 3.64. The minimum Gasteiger partial charge on any atom is -0.490 e. The maximum Gasteiger partial charge on any atom is 0.222 e. The van der Waals surface area contributed by atoms with Gasteiger partial charge in [0.05, 0.1) is 23.5 Å². The van der Waals surface area contributed by atoms with Crippen LogP contribution in [0.1, 0.15) is 26.2 Å². The second-order valence-corrected chi connectivity index (χ2v) is 7.65. The zero-order valence-electron chi connectivity index (χ0n) is 15.7. The van der Waals surface area contributed by atoms with Gasteiger partial charge in [-0.15, -0.1) is 11.8 Å². The summed E-state index contributed by atoms with van der Waals surface area (Å²) in [5, 5.41) is 4.67. The molecule has 1 aliphatic carbocycles. The highest BCUT2D eigenvalue weighted by atomic mass is 32.2. The molecule has 1 aliphatic rings. The Balaban J connectivity index is 1.80. The van der Waals surface area contributed by atoms with Crippen molar-refractivity contribution in [3.63, 3.8) is 0 Å². The van der Waals surface area contributed by atoms with Gasteiger partial charge in [0.25, 0.3) is 0 Å². The summed E-state index contributed by atoms with van der Waals surface area (Å²) in [6, 6.07) is 5.90. The molecule has 0 radical (unpaired) electrons. The minimum absolute atomic E-state index is 0.141. The maximum absolute atomic E-state index is 11.4. The molecule has 0 saturated heterocycles. The van der Waals surface area contributed by atoms with Crippen LogP contribution in [0.2, 0.25) is 0 Å². The third-order valence-corrected chi connectivity index (χ3v) is 5.42. The molecule has 4 rings (SSSR count). The quantitative estimate of drug-likeness (QED) is 0.668. The number of pyridine rings is 2. The van der Waals surface area contributed by atoms with E-state index in [4.69, 9.17) is 9.72 Å². The zero-order valence-corrected chi connectivity index (χ0v) is 16.5. The molecule has 3 heterocycles. The molecule has 140 valence electrons. The Morgan fingerprint density at radius 3 is 2.81 bits per heavy atom. The SMILES string of the molecule is CSc1cc(OC2CCC2)cc(-c2cn(C)c3cnc(NC(C)=O)cc23)n1. The lowest BCUT2D eigenvalue weighted by Gasteiger charge is -2.26. The summed E-state index contributed by atoms with van der Waals surface area (Å²) in [4.78, 5) is 20.5. The van der Waals surface area contributed by atoms with E-state index in [1.54, 1.807) is 18.0 Å². The van der Waals surface area contributed by atoms with E-state index in [1.807, 2.05) is 42.3 Å². The molecule has 6 nitrogen and oxygen atoms in total. The Kier molecular flexibility index (Phi) is 4.78. The van der Waals surface area contributed by atoms with Gasteiger partial charge in [-0.05, 0) is 31.6 Å². The minimum atomic E-state index is -0.141. The third-order valence-electron chi connectivity index (χ3n) is 4.80. The van der Waals surface area contributed by atoms with E-state index in [0.717, 1.165) is 45.8 Å². The van der Waals surface area contributed by atoms with Crippen LogP contribution in [0.15, 0.2) is 35.6 Å². The number of amides is 1. The Hall–Kier alpha value is -2.54. The second kappa shape index (κ2) is 7.23. The van der Waals surface area contributed by atoms with E-state index in [1.165, 1.54) is 13.3 Å². The summed E-state index contributed by atoms with van der Waals surface area (Å²) in [5.41, 5.74) is 2.84. The Morgan fingerprint density at radius 2 is 2.15 bits per heavy atom. The summed E-state index contributed by atoms with van der Waals surface area (Å²) in [6.45, 7) is 1.48. The molecule has 27 heavy (non-hydrogen) atoms. The molecule has 1 amide bonds. The molecule has 7 heteroatoms. The van der Waals surface area contributed by atoms with Crippen molar-refractivity contribution in [2.75, 3.05) is 11.6 Å². The van der Waals surface area contributed by atoms with E-state index in [2.05, 4.69) is 10.3 Å². The van der Waals surface area contributed by atoms with Gasteiger partial charge in [-0.1, -0.05) is 0 Å². The first-order valence-electron chi connectivity index (χ1n) is 8.99. The van der Waals surface area contributed by atoms with Gasteiger partial charge < -0.3 is 14.6 Å². The van der Waals surface area contributed by atoms with E-state index >= 15 is 0 Å². The van der Waals surface area contributed by atoms with Crippen LogP contribution < -0.4 is 10.1 Å². The van der Waals surface area contributed by atoms with Crippen LogP contribution in [0, 0.1) is 0 Å². The first-order chi connectivity index (χ1) is 13.0. The van der Waals surface area contributed by atoms with Crippen molar-refractivity contribution in [1.29, 1.82) is 0 Å². The summed E-state index contributed by atoms with van der Waals surface area (Å²) in [6.07, 6.45) is 9.62. The van der Waals surface area contributed by atoms with Gasteiger partial charge in [0.15, 0.2) is 0 Å². The zero-order chi connectivity index (χ0) is 19.0. The summed E-state index contributed by atoms with van der Waals surface area (Å²) < 4.78 is 8.14. The van der Waals surface area contributed by atoms with Crippen molar-refractivity contribution < 1.29 is 9.53 Å². The van der Waals surface area contributed by atoms with Gasteiger partial charge in [-0.3, -0.25) is 4.79 Å². The molecule has 0 aliphatic heterocycles. The van der Waals surface area contributed by atoms with E-state index in [9.17, 15) is 4.79 Å². The maximum atomic E-state index is 11.4. The lowest BCUT2D eigenvalue weighted by atomic mass is 9.96. The lowest BCUT2D eigenvalue weighted by molar-refractivity contribution is -0.114. The highest BCUT2D eigenvalue weighted by Gasteiger charge is 2.20. The monoisotopic (exact) mass is 382 g/mol. The van der Waals surface area contributed by atoms with Crippen molar-refractivity contribution in [2.45, 2.75) is 37.3 Å². The number of ether oxygens (including phenoxy) is 1. The van der Waals surface area contributed by atoms with Crippen LogP contribution >= 0.6 is 11.8 Å². The molecule has 0 bridgehead atoms. The smallest absolute Gasteiger partial charge is 0.222 e. The fourth-order valence-corrected chi connectivity index (χ4v) is 3.63. The van der Waals surface area contributed by atoms with Crippen molar-refractivity contribution in [3.8, 4) is 17.0 Å². The van der Waals surface area contributed by atoms with Gasteiger partial charge in [0.2, 0.25) is 5.91 Å². The Morgan fingerprint density at radius 1 is 1.33 bits per heavy atom. The fraction of sp³-hybridized carbons (Fsp3) is 0.350. The standard InChI is InChI=1S/C20H22N4O2S/c1-12(25)22-19-9-15-16(11-24(2)18(15)10-21-19)17-7-14(8-20(23-17)27-3)26-13-5-4-6-13/h7-11,13H,4-6H2,1-3H3,(H,21,22,25). The highest BCUT2D eigenvalue weighted by molar-refractivity contribution is 7.98. The number of hydrogen-bond donors (Lipinski definition) is 1. The van der Waals surface area contributed by atoms with Crippen molar-refractivity contribution in [1.82, 2.24) is 14.5 Å². The van der Waals surface area contributed by atoms with Gasteiger partial charge in [-0.25, -0.2) is 9.97 Å². The van der Waals surface area contributed by atoms with E-state index < -0.39 is 0 Å². The molecule has 0 atom stereocenters. The van der Waals surface area contributed by atoms with Gasteiger partial charge in [0.1, 0.15) is 16.6 Å². The molecule has 0 unspecified atom stereocenters. The Bertz CT molecular complexity index is 1010.